The Kier molecular flexibility index (Phi) is 6.29. The molecule has 0 aliphatic carbocycles. The number of ether oxygens (including phenoxy) is 1. The number of hydrogen-bond donors (Lipinski definition) is 2. The molecule has 0 saturated heterocycles. The highest BCUT2D eigenvalue weighted by Gasteiger charge is 1.99. The number of hydrogen-bond acceptors (Lipinski definition) is 3. The lowest BCUT2D eigenvalue weighted by molar-refractivity contribution is 0.1000. The van der Waals surface area contributed by atoms with Gasteiger partial charge < -0.3 is 16.2 Å². The van der Waals surface area contributed by atoms with Crippen molar-refractivity contribution in [3.05, 3.63) is 41.8 Å². The van der Waals surface area contributed by atoms with E-state index in [4.69, 9.17) is 16.2 Å². The number of nitrogens with two attached hydrogens (primary N) is 2. The van der Waals surface area contributed by atoms with Gasteiger partial charge in [-0.25, -0.2) is 0 Å². The molecule has 4 nitrogen and oxygen atoms in total. The molecule has 4 heteroatoms. The van der Waals surface area contributed by atoms with Crippen LogP contribution in [-0.2, 0) is 11.3 Å². The van der Waals surface area contributed by atoms with Crippen molar-refractivity contribution < 1.29 is 9.53 Å². The second kappa shape index (κ2) is 7.81. The molecule has 0 bridgehead atoms. The first-order chi connectivity index (χ1) is 8.24. The Balaban J connectivity index is 2.21. The molecule has 1 aromatic rings. The highest BCUT2D eigenvalue weighted by atomic mass is 16.5. The third-order valence-corrected chi connectivity index (χ3v) is 2.36. The van der Waals surface area contributed by atoms with Gasteiger partial charge in [0.05, 0.1) is 13.2 Å². The van der Waals surface area contributed by atoms with E-state index < -0.39 is 5.91 Å². The lowest BCUT2D eigenvalue weighted by atomic mass is 10.1. The highest BCUT2D eigenvalue weighted by molar-refractivity contribution is 5.92. The largest absolute Gasteiger partial charge is 0.376 e. The van der Waals surface area contributed by atoms with Crippen LogP contribution >= 0.6 is 0 Å². The normalized spacial score (nSPS) is 10.4. The summed E-state index contributed by atoms with van der Waals surface area (Å²) in [5, 5.41) is 0. The number of carbonyl (C=O) groups is 1. The van der Waals surface area contributed by atoms with E-state index in [2.05, 4.69) is 6.42 Å². The molecule has 0 aromatic heterocycles. The SMILES string of the molecule is NCCC[CH]COCc1ccc(C(N)=O)cc1. The molecular weight excluding hydrogens is 216 g/mol. The van der Waals surface area contributed by atoms with Crippen LogP contribution in [0.5, 0.6) is 0 Å². The molecule has 17 heavy (non-hydrogen) atoms. The van der Waals surface area contributed by atoms with Crippen molar-refractivity contribution in [3.63, 3.8) is 0 Å². The lowest BCUT2D eigenvalue weighted by Gasteiger charge is -2.04. The smallest absolute Gasteiger partial charge is 0.248 e. The highest BCUT2D eigenvalue weighted by Crippen LogP contribution is 2.05. The summed E-state index contributed by atoms with van der Waals surface area (Å²) in [4.78, 5) is 10.8. The molecular formula is C13H19N2O2. The maximum atomic E-state index is 10.8. The minimum absolute atomic E-state index is 0.410. The maximum Gasteiger partial charge on any atom is 0.248 e. The molecule has 0 aliphatic rings. The summed E-state index contributed by atoms with van der Waals surface area (Å²) in [7, 11) is 0. The summed E-state index contributed by atoms with van der Waals surface area (Å²) >= 11 is 0. The van der Waals surface area contributed by atoms with Gasteiger partial charge in [0, 0.05) is 5.56 Å². The quantitative estimate of drug-likeness (QED) is 0.665. The standard InChI is InChI=1S/C13H19N2O2/c14-8-2-1-3-9-17-10-11-4-6-12(7-5-11)13(15)16/h3-7H,1-2,8-10,14H2,(H2,15,16). The Morgan fingerprint density at radius 3 is 2.59 bits per heavy atom. The Morgan fingerprint density at radius 1 is 1.29 bits per heavy atom. The minimum Gasteiger partial charge on any atom is -0.376 e. The number of benzene rings is 1. The number of unbranched alkanes of at least 4 members (excludes halogenated alkanes) is 2. The van der Waals surface area contributed by atoms with E-state index in [9.17, 15) is 4.79 Å². The molecule has 0 spiro atoms. The summed E-state index contributed by atoms with van der Waals surface area (Å²) in [5.74, 6) is -0.410. The van der Waals surface area contributed by atoms with Crippen molar-refractivity contribution in [2.75, 3.05) is 13.2 Å². The van der Waals surface area contributed by atoms with Crippen LogP contribution in [0.3, 0.4) is 0 Å². The third kappa shape index (κ3) is 5.47. The van der Waals surface area contributed by atoms with Gasteiger partial charge in [0.25, 0.3) is 0 Å². The second-order valence-corrected chi connectivity index (χ2v) is 3.80. The van der Waals surface area contributed by atoms with Gasteiger partial charge >= 0.3 is 0 Å². The molecule has 0 heterocycles. The van der Waals surface area contributed by atoms with E-state index in [1.807, 2.05) is 12.1 Å². The van der Waals surface area contributed by atoms with E-state index in [0.29, 0.717) is 25.3 Å². The molecule has 1 amide bonds. The third-order valence-electron chi connectivity index (χ3n) is 2.36. The monoisotopic (exact) mass is 235 g/mol. The number of amides is 1. The van der Waals surface area contributed by atoms with E-state index in [-0.39, 0.29) is 0 Å². The fraction of sp³-hybridized carbons (Fsp3) is 0.385. The first-order valence-corrected chi connectivity index (χ1v) is 5.72. The molecule has 0 saturated carbocycles. The zero-order valence-electron chi connectivity index (χ0n) is 9.89. The van der Waals surface area contributed by atoms with Crippen LogP contribution in [0.15, 0.2) is 24.3 Å². The summed E-state index contributed by atoms with van der Waals surface area (Å²) in [6, 6.07) is 7.11. The number of primary amides is 1. The van der Waals surface area contributed by atoms with E-state index in [1.165, 1.54) is 0 Å². The fourth-order valence-electron chi connectivity index (χ4n) is 1.37. The van der Waals surface area contributed by atoms with Gasteiger partial charge in [-0.1, -0.05) is 12.1 Å². The van der Waals surface area contributed by atoms with Crippen molar-refractivity contribution in [1.29, 1.82) is 0 Å². The molecule has 0 atom stereocenters. The fourth-order valence-corrected chi connectivity index (χ4v) is 1.37. The van der Waals surface area contributed by atoms with Crippen LogP contribution in [0.25, 0.3) is 0 Å². The first kappa shape index (κ1) is 13.7. The maximum absolute atomic E-state index is 10.8. The van der Waals surface area contributed by atoms with Crippen LogP contribution in [-0.4, -0.2) is 19.1 Å². The predicted octanol–water partition coefficient (Wildman–Crippen LogP) is 1.25. The van der Waals surface area contributed by atoms with E-state index in [0.717, 1.165) is 18.4 Å². The van der Waals surface area contributed by atoms with Crippen LogP contribution in [0, 0.1) is 6.42 Å². The summed E-state index contributed by atoms with van der Waals surface area (Å²) in [6.07, 6.45) is 4.05. The zero-order chi connectivity index (χ0) is 12.5. The Bertz CT molecular complexity index is 336. The molecule has 0 fully saturated rings. The van der Waals surface area contributed by atoms with E-state index >= 15 is 0 Å². The lowest BCUT2D eigenvalue weighted by Crippen LogP contribution is -2.10. The van der Waals surface area contributed by atoms with E-state index in [1.54, 1.807) is 12.1 Å². The van der Waals surface area contributed by atoms with Gasteiger partial charge in [-0.3, -0.25) is 4.79 Å². The van der Waals surface area contributed by atoms with Gasteiger partial charge in [-0.2, -0.15) is 0 Å². The Labute approximate surface area is 102 Å². The molecule has 1 rings (SSSR count). The summed E-state index contributed by atoms with van der Waals surface area (Å²) in [6.45, 7) is 1.88. The molecule has 0 unspecified atom stereocenters. The van der Waals surface area contributed by atoms with Crippen LogP contribution in [0.1, 0.15) is 28.8 Å². The minimum atomic E-state index is -0.410. The van der Waals surface area contributed by atoms with Crippen molar-refractivity contribution in [2.24, 2.45) is 11.5 Å². The number of carbonyl (C=O) groups excluding carboxylic acids is 1. The van der Waals surface area contributed by atoms with Crippen molar-refractivity contribution in [1.82, 2.24) is 0 Å². The van der Waals surface area contributed by atoms with Crippen molar-refractivity contribution in [2.45, 2.75) is 19.4 Å². The first-order valence-electron chi connectivity index (χ1n) is 5.72. The average Bonchev–Trinajstić information content (AvgIpc) is 2.34. The second-order valence-electron chi connectivity index (χ2n) is 3.80. The van der Waals surface area contributed by atoms with Gasteiger partial charge in [0.1, 0.15) is 0 Å². The number of rotatable bonds is 8. The van der Waals surface area contributed by atoms with Gasteiger partial charge in [0.2, 0.25) is 5.91 Å². The molecule has 93 valence electrons. The van der Waals surface area contributed by atoms with Crippen molar-refractivity contribution in [3.8, 4) is 0 Å². The molecule has 1 aromatic carbocycles. The molecule has 0 aliphatic heterocycles. The Morgan fingerprint density at radius 2 is 2.00 bits per heavy atom. The summed E-state index contributed by atoms with van der Waals surface area (Å²) < 4.78 is 5.45. The van der Waals surface area contributed by atoms with Crippen molar-refractivity contribution >= 4 is 5.91 Å². The van der Waals surface area contributed by atoms with Gasteiger partial charge in [-0.05, 0) is 43.5 Å². The zero-order valence-corrected chi connectivity index (χ0v) is 9.89. The predicted molar refractivity (Wildman–Crippen MR) is 67.2 cm³/mol. The molecule has 4 N–H and O–H groups in total. The summed E-state index contributed by atoms with van der Waals surface area (Å²) in [5.41, 5.74) is 12.1. The van der Waals surface area contributed by atoms with Gasteiger partial charge in [0.15, 0.2) is 0 Å². The van der Waals surface area contributed by atoms with Gasteiger partial charge in [-0.15, -0.1) is 0 Å². The average molecular weight is 235 g/mol. The van der Waals surface area contributed by atoms with Crippen LogP contribution in [0.4, 0.5) is 0 Å². The van der Waals surface area contributed by atoms with Crippen LogP contribution < -0.4 is 11.5 Å². The van der Waals surface area contributed by atoms with Crippen LogP contribution in [0.2, 0.25) is 0 Å². The Hall–Kier alpha value is -1.39. The topological polar surface area (TPSA) is 78.3 Å². The molecule has 1 radical (unpaired) electrons.